The Morgan fingerprint density at radius 2 is 1.62 bits per heavy atom. The molecule has 0 bridgehead atoms. The van der Waals surface area contributed by atoms with Crippen LogP contribution in [-0.4, -0.2) is 19.3 Å². The molecule has 21 heavy (non-hydrogen) atoms. The minimum atomic E-state index is 0.189. The normalized spacial score (nSPS) is 15.3. The van der Waals surface area contributed by atoms with E-state index in [4.69, 9.17) is 15.2 Å². The first-order valence-electron chi connectivity index (χ1n) is 7.47. The Kier molecular flexibility index (Phi) is 4.11. The van der Waals surface area contributed by atoms with Gasteiger partial charge in [0.2, 0.25) is 0 Å². The van der Waals surface area contributed by atoms with Gasteiger partial charge in [-0.2, -0.15) is 0 Å². The third kappa shape index (κ3) is 3.37. The highest BCUT2D eigenvalue weighted by atomic mass is 16.5. The van der Waals surface area contributed by atoms with E-state index in [1.807, 2.05) is 13.0 Å². The summed E-state index contributed by atoms with van der Waals surface area (Å²) < 4.78 is 11.4. The second-order valence-electron chi connectivity index (χ2n) is 5.59. The van der Waals surface area contributed by atoms with E-state index >= 15 is 0 Å². The second kappa shape index (κ2) is 6.19. The lowest BCUT2D eigenvalue weighted by Gasteiger charge is -2.10. The van der Waals surface area contributed by atoms with Crippen molar-refractivity contribution in [2.24, 2.45) is 5.73 Å². The zero-order valence-electron chi connectivity index (χ0n) is 12.3. The molecular weight excluding hydrogens is 262 g/mol. The van der Waals surface area contributed by atoms with Gasteiger partial charge in [0, 0.05) is 12.5 Å². The molecule has 0 radical (unpaired) electrons. The van der Waals surface area contributed by atoms with Crippen molar-refractivity contribution < 1.29 is 9.47 Å². The highest BCUT2D eigenvalue weighted by Crippen LogP contribution is 2.34. The van der Waals surface area contributed by atoms with Crippen molar-refractivity contribution in [3.8, 4) is 22.6 Å². The maximum absolute atomic E-state index is 5.83. The first-order valence-corrected chi connectivity index (χ1v) is 7.47. The summed E-state index contributed by atoms with van der Waals surface area (Å²) >= 11 is 0. The quantitative estimate of drug-likeness (QED) is 0.939. The lowest BCUT2D eigenvalue weighted by molar-refractivity contribution is 0.297. The molecule has 1 aliphatic heterocycles. The molecule has 1 atom stereocenters. The van der Waals surface area contributed by atoms with Crippen molar-refractivity contribution in [2.75, 3.05) is 13.2 Å². The van der Waals surface area contributed by atoms with Crippen LogP contribution in [0.2, 0.25) is 0 Å². The second-order valence-corrected chi connectivity index (χ2v) is 5.59. The van der Waals surface area contributed by atoms with E-state index in [2.05, 4.69) is 36.4 Å². The molecule has 3 rings (SSSR count). The minimum absolute atomic E-state index is 0.189. The van der Waals surface area contributed by atoms with Gasteiger partial charge in [0.05, 0.1) is 13.2 Å². The van der Waals surface area contributed by atoms with E-state index in [9.17, 15) is 0 Å². The van der Waals surface area contributed by atoms with E-state index in [0.29, 0.717) is 6.61 Å². The molecule has 0 spiro atoms. The van der Waals surface area contributed by atoms with Crippen LogP contribution in [0.3, 0.4) is 0 Å². The maximum atomic E-state index is 5.83. The highest BCUT2D eigenvalue weighted by Gasteiger charge is 2.11. The molecule has 0 amide bonds. The van der Waals surface area contributed by atoms with Gasteiger partial charge in [-0.05, 0) is 42.2 Å². The van der Waals surface area contributed by atoms with Crippen molar-refractivity contribution in [3.63, 3.8) is 0 Å². The number of hydrogen-bond acceptors (Lipinski definition) is 3. The Bertz CT molecular complexity index is 605. The Labute approximate surface area is 125 Å². The van der Waals surface area contributed by atoms with Crippen LogP contribution in [0.1, 0.15) is 18.9 Å². The SMILES string of the molecule is CC(N)Cc1ccc(-c2ccc3c(c2)OCCCO3)cc1. The van der Waals surface area contributed by atoms with Gasteiger partial charge in [0.15, 0.2) is 11.5 Å². The van der Waals surface area contributed by atoms with Crippen molar-refractivity contribution in [1.29, 1.82) is 0 Å². The van der Waals surface area contributed by atoms with E-state index in [-0.39, 0.29) is 6.04 Å². The summed E-state index contributed by atoms with van der Waals surface area (Å²) in [6.45, 7) is 3.46. The maximum Gasteiger partial charge on any atom is 0.161 e. The molecule has 3 heteroatoms. The fraction of sp³-hybridized carbons (Fsp3) is 0.333. The van der Waals surface area contributed by atoms with Crippen LogP contribution in [0.4, 0.5) is 0 Å². The van der Waals surface area contributed by atoms with Crippen LogP contribution >= 0.6 is 0 Å². The van der Waals surface area contributed by atoms with Crippen LogP contribution in [0, 0.1) is 0 Å². The van der Waals surface area contributed by atoms with Gasteiger partial charge in [-0.1, -0.05) is 30.3 Å². The molecule has 1 aliphatic rings. The van der Waals surface area contributed by atoms with Crippen molar-refractivity contribution in [1.82, 2.24) is 0 Å². The number of nitrogens with two attached hydrogens (primary N) is 1. The molecule has 0 aromatic heterocycles. The Balaban J connectivity index is 1.85. The molecule has 2 aromatic carbocycles. The number of fused-ring (bicyclic) bond motifs is 1. The molecule has 0 fully saturated rings. The average Bonchev–Trinajstić information content (AvgIpc) is 2.72. The molecule has 0 aliphatic carbocycles. The predicted octanol–water partition coefficient (Wildman–Crippen LogP) is 3.40. The predicted molar refractivity (Wildman–Crippen MR) is 84.8 cm³/mol. The number of hydrogen-bond donors (Lipinski definition) is 1. The van der Waals surface area contributed by atoms with Gasteiger partial charge < -0.3 is 15.2 Å². The summed E-state index contributed by atoms with van der Waals surface area (Å²) in [6, 6.07) is 14.9. The van der Waals surface area contributed by atoms with Crippen LogP contribution in [0.15, 0.2) is 42.5 Å². The summed E-state index contributed by atoms with van der Waals surface area (Å²) in [5.74, 6) is 1.68. The molecule has 3 nitrogen and oxygen atoms in total. The number of benzene rings is 2. The number of rotatable bonds is 3. The molecule has 2 N–H and O–H groups in total. The van der Waals surface area contributed by atoms with E-state index in [0.717, 1.165) is 36.5 Å². The first kappa shape index (κ1) is 14.0. The first-order chi connectivity index (χ1) is 10.2. The monoisotopic (exact) mass is 283 g/mol. The Morgan fingerprint density at radius 3 is 2.33 bits per heavy atom. The molecule has 0 saturated carbocycles. The van der Waals surface area contributed by atoms with Gasteiger partial charge in [-0.3, -0.25) is 0 Å². The molecular formula is C18H21NO2. The molecule has 0 saturated heterocycles. The van der Waals surface area contributed by atoms with Crippen LogP contribution in [0.25, 0.3) is 11.1 Å². The van der Waals surface area contributed by atoms with Gasteiger partial charge in [-0.25, -0.2) is 0 Å². The fourth-order valence-electron chi connectivity index (χ4n) is 2.55. The standard InChI is InChI=1S/C18H21NO2/c1-13(19)11-14-3-5-15(6-4-14)16-7-8-17-18(12-16)21-10-2-9-20-17/h3-8,12-13H,2,9-11,19H2,1H3. The minimum Gasteiger partial charge on any atom is -0.490 e. The van der Waals surface area contributed by atoms with Crippen molar-refractivity contribution in [2.45, 2.75) is 25.8 Å². The summed E-state index contributed by atoms with van der Waals surface area (Å²) in [7, 11) is 0. The summed E-state index contributed by atoms with van der Waals surface area (Å²) in [4.78, 5) is 0. The molecule has 1 unspecified atom stereocenters. The molecule has 2 aromatic rings. The van der Waals surface area contributed by atoms with E-state index in [1.54, 1.807) is 0 Å². The lowest BCUT2D eigenvalue weighted by Crippen LogP contribution is -2.17. The zero-order chi connectivity index (χ0) is 14.7. The van der Waals surface area contributed by atoms with Crippen LogP contribution in [0.5, 0.6) is 11.5 Å². The summed E-state index contributed by atoms with van der Waals surface area (Å²) in [5.41, 5.74) is 9.43. The van der Waals surface area contributed by atoms with Gasteiger partial charge in [-0.15, -0.1) is 0 Å². The lowest BCUT2D eigenvalue weighted by atomic mass is 10.0. The molecule has 1 heterocycles. The van der Waals surface area contributed by atoms with Crippen molar-refractivity contribution in [3.05, 3.63) is 48.0 Å². The zero-order valence-corrected chi connectivity index (χ0v) is 12.3. The highest BCUT2D eigenvalue weighted by molar-refractivity contribution is 5.67. The van der Waals surface area contributed by atoms with Gasteiger partial charge in [0.1, 0.15) is 0 Å². The third-order valence-electron chi connectivity index (χ3n) is 3.59. The van der Waals surface area contributed by atoms with E-state index < -0.39 is 0 Å². The largest absolute Gasteiger partial charge is 0.490 e. The topological polar surface area (TPSA) is 44.5 Å². The number of ether oxygens (including phenoxy) is 2. The summed E-state index contributed by atoms with van der Waals surface area (Å²) in [6.07, 6.45) is 1.83. The summed E-state index contributed by atoms with van der Waals surface area (Å²) in [5, 5.41) is 0. The van der Waals surface area contributed by atoms with Crippen LogP contribution < -0.4 is 15.2 Å². The average molecular weight is 283 g/mol. The fourth-order valence-corrected chi connectivity index (χ4v) is 2.55. The Hall–Kier alpha value is -2.00. The third-order valence-corrected chi connectivity index (χ3v) is 3.59. The van der Waals surface area contributed by atoms with Crippen molar-refractivity contribution >= 4 is 0 Å². The van der Waals surface area contributed by atoms with Gasteiger partial charge in [0.25, 0.3) is 0 Å². The van der Waals surface area contributed by atoms with Gasteiger partial charge >= 0.3 is 0 Å². The van der Waals surface area contributed by atoms with Crippen LogP contribution in [-0.2, 0) is 6.42 Å². The molecule has 110 valence electrons. The van der Waals surface area contributed by atoms with E-state index in [1.165, 1.54) is 11.1 Å². The Morgan fingerprint density at radius 1 is 0.952 bits per heavy atom. The smallest absolute Gasteiger partial charge is 0.161 e.